The van der Waals surface area contributed by atoms with Crippen molar-refractivity contribution in [3.05, 3.63) is 18.2 Å². The van der Waals surface area contributed by atoms with Gasteiger partial charge in [0.25, 0.3) is 0 Å². The van der Waals surface area contributed by atoms with Crippen LogP contribution in [0.25, 0.3) is 0 Å². The van der Waals surface area contributed by atoms with Crippen LogP contribution in [-0.4, -0.2) is 40.6 Å². The van der Waals surface area contributed by atoms with Crippen LogP contribution in [0.15, 0.2) is 12.4 Å². The lowest BCUT2D eigenvalue weighted by atomic mass is 10.2. The minimum atomic E-state index is -0.0474. The number of nitriles is 1. The largest absolute Gasteiger partial charge is 0.337 e. The average molecular weight is 249 g/mol. The zero-order chi connectivity index (χ0) is 13.4. The van der Waals surface area contributed by atoms with Gasteiger partial charge >= 0.3 is 0 Å². The third-order valence-electron chi connectivity index (χ3n) is 2.93. The van der Waals surface area contributed by atoms with E-state index in [4.69, 9.17) is 5.26 Å². The zero-order valence-corrected chi connectivity index (χ0v) is 11.6. The van der Waals surface area contributed by atoms with E-state index in [1.807, 2.05) is 24.0 Å². The Balaban J connectivity index is 2.30. The number of imidazole rings is 1. The van der Waals surface area contributed by atoms with Gasteiger partial charge in [-0.3, -0.25) is 4.90 Å². The molecule has 0 aromatic carbocycles. The summed E-state index contributed by atoms with van der Waals surface area (Å²) in [6, 6.07) is 2.26. The smallest absolute Gasteiger partial charge is 0.122 e. The lowest BCUT2D eigenvalue weighted by Crippen LogP contribution is -2.32. The van der Waals surface area contributed by atoms with E-state index in [-0.39, 0.29) is 6.04 Å². The first-order chi connectivity index (χ1) is 8.67. The van der Waals surface area contributed by atoms with Gasteiger partial charge in [-0.2, -0.15) is 5.26 Å². The van der Waals surface area contributed by atoms with Crippen LogP contribution in [0.3, 0.4) is 0 Å². The molecule has 0 spiro atoms. The van der Waals surface area contributed by atoms with Gasteiger partial charge in [0, 0.05) is 26.0 Å². The third kappa shape index (κ3) is 4.86. The van der Waals surface area contributed by atoms with E-state index in [1.54, 1.807) is 0 Å². The second-order valence-corrected chi connectivity index (χ2v) is 4.62. The monoisotopic (exact) mass is 249 g/mol. The topological polar surface area (TPSA) is 56.9 Å². The minimum absolute atomic E-state index is 0.0474. The molecule has 1 atom stereocenters. The fraction of sp³-hybridized carbons (Fsp3) is 0.692. The van der Waals surface area contributed by atoms with E-state index < -0.39 is 0 Å². The summed E-state index contributed by atoms with van der Waals surface area (Å²) in [7, 11) is 4.06. The Bertz CT molecular complexity index is 379. The summed E-state index contributed by atoms with van der Waals surface area (Å²) >= 11 is 0. The van der Waals surface area contributed by atoms with Crippen LogP contribution >= 0.6 is 0 Å². The van der Waals surface area contributed by atoms with Gasteiger partial charge in [0.1, 0.15) is 5.82 Å². The van der Waals surface area contributed by atoms with Crippen molar-refractivity contribution in [2.24, 2.45) is 7.05 Å². The number of rotatable bonds is 8. The summed E-state index contributed by atoms with van der Waals surface area (Å²) in [5, 5.41) is 12.3. The van der Waals surface area contributed by atoms with Gasteiger partial charge < -0.3 is 9.88 Å². The fourth-order valence-corrected chi connectivity index (χ4v) is 1.75. The second kappa shape index (κ2) is 7.85. The molecule has 1 heterocycles. The number of nitrogens with one attached hydrogen (secondary N) is 1. The maximum absolute atomic E-state index is 9.02. The molecule has 1 unspecified atom stereocenters. The van der Waals surface area contributed by atoms with E-state index in [0.29, 0.717) is 0 Å². The van der Waals surface area contributed by atoms with Crippen LogP contribution in [-0.2, 0) is 13.6 Å². The van der Waals surface area contributed by atoms with Crippen molar-refractivity contribution in [2.75, 3.05) is 20.1 Å². The van der Waals surface area contributed by atoms with Gasteiger partial charge in [0.2, 0.25) is 0 Å². The maximum atomic E-state index is 9.02. The zero-order valence-electron chi connectivity index (χ0n) is 11.6. The Morgan fingerprint density at radius 2 is 2.39 bits per heavy atom. The van der Waals surface area contributed by atoms with Gasteiger partial charge in [-0.05, 0) is 26.4 Å². The number of hydrogen-bond donors (Lipinski definition) is 1. The van der Waals surface area contributed by atoms with E-state index >= 15 is 0 Å². The molecule has 0 aliphatic rings. The van der Waals surface area contributed by atoms with Crippen molar-refractivity contribution in [3.63, 3.8) is 0 Å². The summed E-state index contributed by atoms with van der Waals surface area (Å²) in [6.07, 6.45) is 5.66. The molecule has 18 heavy (non-hydrogen) atoms. The molecule has 1 rings (SSSR count). The number of nitrogens with zero attached hydrogens (tertiary/aromatic N) is 4. The number of hydrogen-bond acceptors (Lipinski definition) is 4. The summed E-state index contributed by atoms with van der Waals surface area (Å²) in [5.74, 6) is 1.05. The lowest BCUT2D eigenvalue weighted by molar-refractivity contribution is 0.300. The summed E-state index contributed by atoms with van der Waals surface area (Å²) in [6.45, 7) is 4.72. The van der Waals surface area contributed by atoms with Crippen molar-refractivity contribution in [1.29, 1.82) is 5.26 Å². The normalized spacial score (nSPS) is 12.6. The third-order valence-corrected chi connectivity index (χ3v) is 2.93. The number of aryl methyl sites for hydroxylation is 1. The molecule has 0 radical (unpaired) electrons. The molecule has 1 aromatic heterocycles. The molecule has 5 nitrogen and oxygen atoms in total. The van der Waals surface area contributed by atoms with Crippen molar-refractivity contribution in [2.45, 2.75) is 32.4 Å². The lowest BCUT2D eigenvalue weighted by Gasteiger charge is -2.18. The maximum Gasteiger partial charge on any atom is 0.122 e. The molecule has 0 saturated heterocycles. The average Bonchev–Trinajstić information content (AvgIpc) is 2.75. The van der Waals surface area contributed by atoms with Crippen LogP contribution in [0.4, 0.5) is 0 Å². The van der Waals surface area contributed by atoms with Gasteiger partial charge in [0.05, 0.1) is 18.7 Å². The van der Waals surface area contributed by atoms with Gasteiger partial charge in [-0.25, -0.2) is 4.98 Å². The highest BCUT2D eigenvalue weighted by Crippen LogP contribution is 2.01. The molecule has 1 aromatic rings. The van der Waals surface area contributed by atoms with Crippen molar-refractivity contribution in [3.8, 4) is 6.07 Å². The Hall–Kier alpha value is -1.38. The van der Waals surface area contributed by atoms with Crippen molar-refractivity contribution < 1.29 is 0 Å². The van der Waals surface area contributed by atoms with Crippen LogP contribution in [0.2, 0.25) is 0 Å². The Morgan fingerprint density at radius 1 is 1.61 bits per heavy atom. The predicted molar refractivity (Wildman–Crippen MR) is 71.9 cm³/mol. The molecule has 5 heteroatoms. The summed E-state index contributed by atoms with van der Waals surface area (Å²) < 4.78 is 2.02. The molecular weight excluding hydrogens is 226 g/mol. The summed E-state index contributed by atoms with van der Waals surface area (Å²) in [4.78, 5) is 6.49. The fourth-order valence-electron chi connectivity index (χ4n) is 1.75. The first-order valence-corrected chi connectivity index (χ1v) is 6.45. The summed E-state index contributed by atoms with van der Waals surface area (Å²) in [5.41, 5.74) is 0. The van der Waals surface area contributed by atoms with Crippen molar-refractivity contribution >= 4 is 0 Å². The molecule has 0 amide bonds. The Labute approximate surface area is 109 Å². The molecule has 0 fully saturated rings. The molecular formula is C13H23N5. The first kappa shape index (κ1) is 14.7. The van der Waals surface area contributed by atoms with Gasteiger partial charge in [-0.1, -0.05) is 6.92 Å². The molecule has 100 valence electrons. The van der Waals surface area contributed by atoms with E-state index in [2.05, 4.69) is 35.2 Å². The van der Waals surface area contributed by atoms with E-state index in [1.165, 1.54) is 0 Å². The van der Waals surface area contributed by atoms with E-state index in [9.17, 15) is 0 Å². The first-order valence-electron chi connectivity index (χ1n) is 6.45. The molecule has 0 saturated carbocycles. The van der Waals surface area contributed by atoms with Crippen LogP contribution in [0, 0.1) is 11.3 Å². The SMILES string of the molecule is CCCNC(C#N)CCN(C)Cc1nccn1C. The minimum Gasteiger partial charge on any atom is -0.337 e. The van der Waals surface area contributed by atoms with Gasteiger partial charge in [0.15, 0.2) is 0 Å². The molecule has 0 aliphatic carbocycles. The predicted octanol–water partition coefficient (Wildman–Crippen LogP) is 1.13. The van der Waals surface area contributed by atoms with Crippen LogP contribution in [0.5, 0.6) is 0 Å². The Kier molecular flexibility index (Phi) is 6.40. The quantitative estimate of drug-likeness (QED) is 0.750. The van der Waals surface area contributed by atoms with E-state index in [0.717, 1.165) is 38.3 Å². The standard InChI is InChI=1S/C13H23N5/c1-4-6-15-12(10-14)5-8-17(2)11-13-16-7-9-18(13)3/h7,9,12,15H,4-6,8,11H2,1-3H3. The highest BCUT2D eigenvalue weighted by Gasteiger charge is 2.09. The highest BCUT2D eigenvalue weighted by atomic mass is 15.1. The van der Waals surface area contributed by atoms with Crippen LogP contribution in [0.1, 0.15) is 25.6 Å². The second-order valence-electron chi connectivity index (χ2n) is 4.62. The molecule has 0 bridgehead atoms. The van der Waals surface area contributed by atoms with Crippen LogP contribution < -0.4 is 5.32 Å². The molecule has 0 aliphatic heterocycles. The highest BCUT2D eigenvalue weighted by molar-refractivity contribution is 4.92. The van der Waals surface area contributed by atoms with Crippen molar-refractivity contribution in [1.82, 2.24) is 19.8 Å². The Morgan fingerprint density at radius 3 is 2.94 bits per heavy atom. The number of aromatic nitrogens is 2. The van der Waals surface area contributed by atoms with Gasteiger partial charge in [-0.15, -0.1) is 0 Å². The molecule has 1 N–H and O–H groups in total.